The lowest BCUT2D eigenvalue weighted by Crippen LogP contribution is -2.34. The van der Waals surface area contributed by atoms with Gasteiger partial charge in [0.15, 0.2) is 5.82 Å². The predicted molar refractivity (Wildman–Crippen MR) is 83.0 cm³/mol. The number of hydrogen-bond donors (Lipinski definition) is 1. The van der Waals surface area contributed by atoms with Crippen LogP contribution in [0.4, 0.5) is 5.82 Å². The molecule has 0 bridgehead atoms. The fourth-order valence-corrected chi connectivity index (χ4v) is 2.54. The highest BCUT2D eigenvalue weighted by Crippen LogP contribution is 2.26. The molecule has 1 aliphatic rings. The van der Waals surface area contributed by atoms with E-state index in [4.69, 9.17) is 5.11 Å². The Kier molecular flexibility index (Phi) is 3.36. The highest BCUT2D eigenvalue weighted by Gasteiger charge is 2.26. The number of rotatable bonds is 2. The van der Waals surface area contributed by atoms with Gasteiger partial charge in [-0.1, -0.05) is 18.2 Å². The topological polar surface area (TPSA) is 82.9 Å². The minimum absolute atomic E-state index is 0.0241. The first-order valence-corrected chi connectivity index (χ1v) is 6.98. The van der Waals surface area contributed by atoms with Gasteiger partial charge in [0, 0.05) is 18.2 Å². The molecule has 0 saturated heterocycles. The molecule has 1 aromatic carbocycles. The molecule has 1 N–H and O–H groups in total. The van der Waals surface area contributed by atoms with Crippen LogP contribution in [0.2, 0.25) is 0 Å². The number of carbonyl (C=O) groups excluding carboxylic acids is 1. The molecule has 6 nitrogen and oxygen atoms in total. The van der Waals surface area contributed by atoms with Crippen LogP contribution in [0.3, 0.4) is 0 Å². The molecule has 0 unspecified atom stereocenters. The van der Waals surface area contributed by atoms with Gasteiger partial charge in [0.1, 0.15) is 5.71 Å². The van der Waals surface area contributed by atoms with Crippen LogP contribution in [0, 0.1) is 13.8 Å². The Labute approximate surface area is 127 Å². The number of amides is 1. The second-order valence-corrected chi connectivity index (χ2v) is 5.33. The van der Waals surface area contributed by atoms with E-state index >= 15 is 0 Å². The van der Waals surface area contributed by atoms with Crippen molar-refractivity contribution in [3.05, 3.63) is 35.4 Å². The van der Waals surface area contributed by atoms with Crippen LogP contribution < -0.4 is 5.01 Å². The summed E-state index contributed by atoms with van der Waals surface area (Å²) < 4.78 is 0. The maximum Gasteiger partial charge on any atom is 0.352 e. The Bertz CT molecular complexity index is 827. The van der Waals surface area contributed by atoms with Crippen molar-refractivity contribution in [3.8, 4) is 0 Å². The number of pyridine rings is 1. The van der Waals surface area contributed by atoms with Gasteiger partial charge in [-0.15, -0.1) is 0 Å². The number of aromatic nitrogens is 1. The number of para-hydroxylation sites is 1. The maximum atomic E-state index is 12.1. The number of carboxylic acids is 1. The summed E-state index contributed by atoms with van der Waals surface area (Å²) >= 11 is 0. The van der Waals surface area contributed by atoms with E-state index in [1.165, 1.54) is 0 Å². The number of carbonyl (C=O) groups is 2. The fraction of sp³-hybridized carbons (Fsp3) is 0.250. The van der Waals surface area contributed by atoms with E-state index in [1.54, 1.807) is 6.07 Å². The van der Waals surface area contributed by atoms with Crippen molar-refractivity contribution in [2.75, 3.05) is 5.01 Å². The van der Waals surface area contributed by atoms with E-state index < -0.39 is 5.97 Å². The number of fused-ring (bicyclic) bond motifs is 1. The summed E-state index contributed by atoms with van der Waals surface area (Å²) in [5.74, 6) is -0.987. The van der Waals surface area contributed by atoms with Crippen LogP contribution >= 0.6 is 0 Å². The van der Waals surface area contributed by atoms with Crippen LogP contribution in [-0.4, -0.2) is 27.7 Å². The number of nitrogens with zero attached hydrogens (tertiary/aromatic N) is 3. The van der Waals surface area contributed by atoms with Gasteiger partial charge in [0.2, 0.25) is 5.91 Å². The number of aryl methyl sites for hydroxylation is 2. The third-order valence-corrected chi connectivity index (χ3v) is 3.73. The summed E-state index contributed by atoms with van der Waals surface area (Å²) in [6.07, 6.45) is 0.272. The molecule has 3 rings (SSSR count). The molecule has 1 aliphatic heterocycles. The fourth-order valence-electron chi connectivity index (χ4n) is 2.54. The first-order valence-electron chi connectivity index (χ1n) is 6.98. The second kappa shape index (κ2) is 5.22. The number of benzene rings is 1. The quantitative estimate of drug-likeness (QED) is 0.922. The Balaban J connectivity index is 2.17. The van der Waals surface area contributed by atoms with E-state index in [9.17, 15) is 9.59 Å². The molecule has 6 heteroatoms. The van der Waals surface area contributed by atoms with E-state index in [2.05, 4.69) is 10.1 Å². The zero-order chi connectivity index (χ0) is 15.9. The van der Waals surface area contributed by atoms with Gasteiger partial charge >= 0.3 is 5.97 Å². The minimum atomic E-state index is -1.11. The van der Waals surface area contributed by atoms with Crippen molar-refractivity contribution in [1.82, 2.24) is 4.98 Å². The lowest BCUT2D eigenvalue weighted by molar-refractivity contribution is -0.129. The van der Waals surface area contributed by atoms with Crippen LogP contribution in [0.15, 0.2) is 29.4 Å². The van der Waals surface area contributed by atoms with Gasteiger partial charge in [-0.3, -0.25) is 4.79 Å². The molecule has 1 amide bonds. The average Bonchev–Trinajstić information content (AvgIpc) is 2.48. The van der Waals surface area contributed by atoms with E-state index in [-0.39, 0.29) is 24.5 Å². The molecule has 1 aromatic heterocycles. The molecule has 22 heavy (non-hydrogen) atoms. The second-order valence-electron chi connectivity index (χ2n) is 5.33. The van der Waals surface area contributed by atoms with E-state index in [0.29, 0.717) is 5.82 Å². The van der Waals surface area contributed by atoms with Gasteiger partial charge in [-0.25, -0.2) is 9.78 Å². The lowest BCUT2D eigenvalue weighted by Gasteiger charge is -2.22. The third kappa shape index (κ3) is 2.32. The van der Waals surface area contributed by atoms with Gasteiger partial charge in [0.25, 0.3) is 0 Å². The molecule has 0 radical (unpaired) electrons. The summed E-state index contributed by atoms with van der Waals surface area (Å²) in [5, 5.41) is 15.1. The highest BCUT2D eigenvalue weighted by molar-refractivity contribution is 6.37. The Hall–Kier alpha value is -2.76. The van der Waals surface area contributed by atoms with Gasteiger partial charge in [0.05, 0.1) is 5.52 Å². The highest BCUT2D eigenvalue weighted by atomic mass is 16.4. The maximum absolute atomic E-state index is 12.1. The van der Waals surface area contributed by atoms with Crippen LogP contribution in [0.25, 0.3) is 10.9 Å². The van der Waals surface area contributed by atoms with Crippen molar-refractivity contribution in [2.45, 2.75) is 26.7 Å². The zero-order valence-electron chi connectivity index (χ0n) is 12.3. The molecule has 0 aliphatic carbocycles. The van der Waals surface area contributed by atoms with Crippen molar-refractivity contribution in [1.29, 1.82) is 0 Å². The minimum Gasteiger partial charge on any atom is -0.477 e. The molecule has 0 atom stereocenters. The Morgan fingerprint density at radius 1 is 1.23 bits per heavy atom. The number of aliphatic carboxylic acids is 1. The summed E-state index contributed by atoms with van der Waals surface area (Å²) in [4.78, 5) is 27.7. The Morgan fingerprint density at radius 2 is 2.00 bits per heavy atom. The summed E-state index contributed by atoms with van der Waals surface area (Å²) in [7, 11) is 0. The van der Waals surface area contributed by atoms with Gasteiger partial charge in [-0.05, 0) is 31.0 Å². The molecule has 2 aromatic rings. The van der Waals surface area contributed by atoms with E-state index in [0.717, 1.165) is 27.0 Å². The van der Waals surface area contributed by atoms with Crippen LogP contribution in [0.5, 0.6) is 0 Å². The monoisotopic (exact) mass is 297 g/mol. The van der Waals surface area contributed by atoms with Crippen LogP contribution in [0.1, 0.15) is 24.0 Å². The first-order chi connectivity index (χ1) is 10.5. The smallest absolute Gasteiger partial charge is 0.352 e. The summed E-state index contributed by atoms with van der Waals surface area (Å²) in [6.45, 7) is 3.88. The summed E-state index contributed by atoms with van der Waals surface area (Å²) in [5.41, 5.74) is 2.73. The SMILES string of the molecule is Cc1cc(N2N=C(C(=O)O)CCC2=O)nc2c(C)cccc12. The van der Waals surface area contributed by atoms with Crippen molar-refractivity contribution in [2.24, 2.45) is 5.10 Å². The van der Waals surface area contributed by atoms with Crippen molar-refractivity contribution < 1.29 is 14.7 Å². The number of hydrogen-bond acceptors (Lipinski definition) is 4. The molecule has 2 heterocycles. The molecule has 112 valence electrons. The Morgan fingerprint density at radius 3 is 2.73 bits per heavy atom. The molecule has 0 spiro atoms. The van der Waals surface area contributed by atoms with Crippen LogP contribution in [-0.2, 0) is 9.59 Å². The lowest BCUT2D eigenvalue weighted by atomic mass is 10.1. The predicted octanol–water partition coefficient (Wildman–Crippen LogP) is 2.42. The zero-order valence-corrected chi connectivity index (χ0v) is 12.3. The summed E-state index contributed by atoms with van der Waals surface area (Å²) in [6, 6.07) is 7.63. The normalized spacial score (nSPS) is 15.1. The molecule has 0 saturated carbocycles. The average molecular weight is 297 g/mol. The largest absolute Gasteiger partial charge is 0.477 e. The van der Waals surface area contributed by atoms with E-state index in [1.807, 2.05) is 32.0 Å². The van der Waals surface area contributed by atoms with Crippen molar-refractivity contribution >= 4 is 34.3 Å². The third-order valence-electron chi connectivity index (χ3n) is 3.73. The van der Waals surface area contributed by atoms with Crippen molar-refractivity contribution in [3.63, 3.8) is 0 Å². The standard InChI is InChI=1S/C16H15N3O3/c1-9-4-3-5-11-10(2)8-13(17-15(9)11)19-14(20)7-6-12(18-19)16(21)22/h3-5,8H,6-7H2,1-2H3,(H,21,22). The molecular formula is C16H15N3O3. The molecular weight excluding hydrogens is 282 g/mol. The van der Waals surface area contributed by atoms with Gasteiger partial charge < -0.3 is 5.11 Å². The first kappa shape index (κ1) is 14.2. The number of carboxylic acid groups (broad SMARTS) is 1. The number of anilines is 1. The molecule has 0 fully saturated rings. The van der Waals surface area contributed by atoms with Gasteiger partial charge in [-0.2, -0.15) is 10.1 Å². The number of hydrazone groups is 1.